The molecule has 0 spiro atoms. The van der Waals surface area contributed by atoms with Crippen molar-refractivity contribution in [2.45, 2.75) is 88.8 Å². The smallest absolute Gasteiger partial charge is 0.425 e. The number of halogens is 18. The van der Waals surface area contributed by atoms with E-state index in [-0.39, 0.29) is 68.9 Å². The highest BCUT2D eigenvalue weighted by Gasteiger charge is 3.03. The third-order valence-corrected chi connectivity index (χ3v) is 12.5. The summed E-state index contributed by atoms with van der Waals surface area (Å²) in [5, 5.41) is 0. The number of methoxy groups -OCH3 is 1. The Labute approximate surface area is 415 Å². The molecular formula is C38H26F18O16S4. The Kier molecular flexibility index (Phi) is 16.9. The highest BCUT2D eigenvalue weighted by molar-refractivity contribution is 7.86. The van der Waals surface area contributed by atoms with Crippen LogP contribution in [0.15, 0.2) is 94.7 Å². The van der Waals surface area contributed by atoms with Gasteiger partial charge in [-0.1, -0.05) is 43.8 Å². The number of ether oxygens (including phenoxy) is 4. The molecule has 6 rings (SSSR count). The highest BCUT2D eigenvalue weighted by atomic mass is 32.2. The topological polar surface area (TPSA) is 248 Å². The third kappa shape index (κ3) is 9.93. The maximum absolute atomic E-state index is 16.2. The van der Waals surface area contributed by atoms with E-state index in [0.717, 1.165) is 0 Å². The standard InChI is InChI=1S/C37H22F18O10S2.CH4.2O3S/c1-27(38)29(39,40)30(41,42)33(27,47)63-21-9-3-17(4-10-21)18-5-13-24(25(15-18)66(56,57)58)65-35(49)32(45,46)31(43,44)34(35,48)64-22-11-6-19(7-12-22)28(36(50,51)52,37(53,54)55)20-8-14-23(62-2)26(16-20)67(59,60)61;;2*1-4(2)3/h3-16H,1-2H3,(H,56,57,58)(H,59,60,61);1H4;;. The van der Waals surface area contributed by atoms with Gasteiger partial charge in [0.15, 0.2) is 0 Å². The average molecular weight is 1210 g/mol. The Morgan fingerprint density at radius 2 is 0.789 bits per heavy atom. The van der Waals surface area contributed by atoms with Crippen LogP contribution in [0.2, 0.25) is 0 Å². The highest BCUT2D eigenvalue weighted by Crippen LogP contribution is 2.70. The van der Waals surface area contributed by atoms with Gasteiger partial charge in [0.2, 0.25) is 5.41 Å². The second-order valence-electron chi connectivity index (χ2n) is 15.1. The summed E-state index contributed by atoms with van der Waals surface area (Å²) < 4.78 is 400. The quantitative estimate of drug-likeness (QED) is 0.0992. The zero-order valence-electron chi connectivity index (χ0n) is 35.6. The van der Waals surface area contributed by atoms with Crippen molar-refractivity contribution in [3.63, 3.8) is 0 Å². The molecule has 2 saturated carbocycles. The summed E-state index contributed by atoms with van der Waals surface area (Å²) in [6, 6.07) is 2.32. The summed E-state index contributed by atoms with van der Waals surface area (Å²) in [5.74, 6) is -46.6. The first-order valence-electron chi connectivity index (χ1n) is 18.5. The molecule has 0 saturated heterocycles. The molecule has 2 fully saturated rings. The van der Waals surface area contributed by atoms with Gasteiger partial charge in [-0.25, -0.2) is 4.39 Å². The predicted molar refractivity (Wildman–Crippen MR) is 213 cm³/mol. The second-order valence-corrected chi connectivity index (χ2v) is 18.7. The van der Waals surface area contributed by atoms with Crippen LogP contribution in [0.3, 0.4) is 0 Å². The summed E-state index contributed by atoms with van der Waals surface area (Å²) in [5.41, 5.74) is -14.9. The van der Waals surface area contributed by atoms with E-state index >= 15 is 8.78 Å². The van der Waals surface area contributed by atoms with Gasteiger partial charge in [0, 0.05) is 0 Å². The minimum absolute atomic E-state index is 0. The van der Waals surface area contributed by atoms with Crippen molar-refractivity contribution in [1.82, 2.24) is 0 Å². The van der Waals surface area contributed by atoms with Crippen molar-refractivity contribution in [2.75, 3.05) is 7.11 Å². The van der Waals surface area contributed by atoms with E-state index in [1.54, 1.807) is 0 Å². The third-order valence-electron chi connectivity index (χ3n) is 10.8. The molecule has 2 aliphatic carbocycles. The summed E-state index contributed by atoms with van der Waals surface area (Å²) in [6.07, 6.45) is -13.1. The van der Waals surface area contributed by atoms with Crippen molar-refractivity contribution in [3.05, 3.63) is 96.1 Å². The maximum Gasteiger partial charge on any atom is 0.425 e. The molecule has 0 radical (unpaired) electrons. The first kappa shape index (κ1) is 64.2. The summed E-state index contributed by atoms with van der Waals surface area (Å²) in [7, 11) is -17.1. The Morgan fingerprint density at radius 3 is 1.17 bits per heavy atom. The van der Waals surface area contributed by atoms with E-state index in [1.165, 1.54) is 0 Å². The van der Waals surface area contributed by atoms with Crippen LogP contribution in [0, 0.1) is 0 Å². The van der Waals surface area contributed by atoms with Gasteiger partial charge < -0.3 is 18.9 Å². The van der Waals surface area contributed by atoms with Crippen molar-refractivity contribution >= 4 is 41.5 Å². The van der Waals surface area contributed by atoms with Crippen LogP contribution in [-0.2, 0) is 46.9 Å². The fourth-order valence-electron chi connectivity index (χ4n) is 7.13. The Bertz CT molecular complexity index is 3250. The molecule has 2 aliphatic rings. The van der Waals surface area contributed by atoms with Crippen LogP contribution in [-0.4, -0.2) is 118 Å². The number of rotatable bonds is 12. The van der Waals surface area contributed by atoms with Gasteiger partial charge >= 0.3 is 74.8 Å². The Hall–Kier alpha value is -6.12. The van der Waals surface area contributed by atoms with Crippen molar-refractivity contribution < 1.29 is 149 Å². The summed E-state index contributed by atoms with van der Waals surface area (Å²) in [4.78, 5) is -3.47. The van der Waals surface area contributed by atoms with E-state index in [4.69, 9.17) is 25.3 Å². The van der Waals surface area contributed by atoms with Crippen molar-refractivity contribution in [1.29, 1.82) is 0 Å². The molecular weight excluding hydrogens is 1180 g/mol. The van der Waals surface area contributed by atoms with Crippen LogP contribution < -0.4 is 18.9 Å². The normalized spacial score (nSPS) is 24.2. The Balaban J connectivity index is 0.00000158. The van der Waals surface area contributed by atoms with Crippen LogP contribution in [0.1, 0.15) is 25.5 Å². The molecule has 4 aromatic rings. The average Bonchev–Trinajstić information content (AvgIpc) is 3.24. The lowest BCUT2D eigenvalue weighted by Gasteiger charge is -2.55. The molecule has 0 amide bonds. The minimum atomic E-state index is -6.54. The molecule has 16 nitrogen and oxygen atoms in total. The van der Waals surface area contributed by atoms with Gasteiger partial charge in [0.05, 0.1) is 7.11 Å². The zero-order valence-corrected chi connectivity index (χ0v) is 38.9. The van der Waals surface area contributed by atoms with Crippen LogP contribution in [0.5, 0.6) is 23.0 Å². The Morgan fingerprint density at radius 1 is 0.461 bits per heavy atom. The van der Waals surface area contributed by atoms with Crippen molar-refractivity contribution in [3.8, 4) is 34.1 Å². The van der Waals surface area contributed by atoms with Crippen LogP contribution in [0.4, 0.5) is 79.0 Å². The number of benzene rings is 4. The second kappa shape index (κ2) is 20.0. The SMILES string of the molecule is C.COc1ccc(C(c2ccc(OC3(F)C(F)(F)C(F)(F)C3(F)Oc3ccc(-c4ccc(OC5(F)C(C)(F)C(F)(F)C5(F)F)cc4)cc3S(=O)(=O)O)cc2)(C(F)(F)F)C(F)(F)F)cc1S(=O)(=O)O.O=S(=O)=O.O=S(=O)=O. The molecule has 4 aromatic carbocycles. The van der Waals surface area contributed by atoms with Crippen molar-refractivity contribution in [2.24, 2.45) is 0 Å². The lowest BCUT2D eigenvalue weighted by molar-refractivity contribution is -0.527. The number of alkyl halides is 18. The van der Waals surface area contributed by atoms with Gasteiger partial charge in [0.25, 0.3) is 25.9 Å². The molecule has 0 aromatic heterocycles. The number of hydrogen-bond donors (Lipinski definition) is 2. The van der Waals surface area contributed by atoms with Gasteiger partial charge in [-0.3, -0.25) is 9.11 Å². The molecule has 0 aliphatic heterocycles. The molecule has 2 N–H and O–H groups in total. The lowest BCUT2D eigenvalue weighted by Crippen LogP contribution is -2.89. The minimum Gasteiger partial charge on any atom is -0.495 e. The van der Waals surface area contributed by atoms with E-state index in [2.05, 4.69) is 18.9 Å². The predicted octanol–water partition coefficient (Wildman–Crippen LogP) is 9.02. The molecule has 38 heteroatoms. The van der Waals surface area contributed by atoms with E-state index in [1.807, 2.05) is 0 Å². The summed E-state index contributed by atoms with van der Waals surface area (Å²) in [6.45, 7) is -0.232. The van der Waals surface area contributed by atoms with Gasteiger partial charge in [0.1, 0.15) is 32.8 Å². The molecule has 4 atom stereocenters. The van der Waals surface area contributed by atoms with E-state index in [0.29, 0.717) is 37.4 Å². The van der Waals surface area contributed by atoms with Crippen LogP contribution in [0.25, 0.3) is 11.1 Å². The molecule has 424 valence electrons. The monoisotopic (exact) mass is 1210 g/mol. The largest absolute Gasteiger partial charge is 0.495 e. The van der Waals surface area contributed by atoms with E-state index in [9.17, 15) is 96.2 Å². The van der Waals surface area contributed by atoms with Gasteiger partial charge in [-0.2, -0.15) is 91.5 Å². The van der Waals surface area contributed by atoms with Crippen LogP contribution >= 0.6 is 0 Å². The molecule has 0 heterocycles. The molecule has 0 bridgehead atoms. The number of hydrogen-bond acceptors (Lipinski definition) is 14. The van der Waals surface area contributed by atoms with E-state index < -0.39 is 161 Å². The van der Waals surface area contributed by atoms with Gasteiger partial charge in [-0.05, 0) is 77.7 Å². The first-order valence-corrected chi connectivity index (χ1v) is 23.4. The zero-order chi connectivity index (χ0) is 58.2. The summed E-state index contributed by atoms with van der Waals surface area (Å²) >= 11 is 0. The molecule has 76 heavy (non-hydrogen) atoms. The first-order chi connectivity index (χ1) is 33.6. The maximum atomic E-state index is 16.2. The molecule has 4 unspecified atom stereocenters. The fraction of sp³-hybridized carbons (Fsp3) is 0.368. The lowest BCUT2D eigenvalue weighted by atomic mass is 9.69. The fourth-order valence-corrected chi connectivity index (χ4v) is 8.45. The van der Waals surface area contributed by atoms with Gasteiger partial charge in [-0.15, -0.1) is 25.3 Å².